The van der Waals surface area contributed by atoms with Crippen LogP contribution in [0.5, 0.6) is 0 Å². The molecule has 0 aromatic heterocycles. The molecule has 0 N–H and O–H groups in total. The van der Waals surface area contributed by atoms with E-state index in [4.69, 9.17) is 0 Å². The van der Waals surface area contributed by atoms with Crippen molar-refractivity contribution in [1.82, 2.24) is 0 Å². The predicted octanol–water partition coefficient (Wildman–Crippen LogP) is 4.56. The number of rotatable bonds is 0. The molecule has 2 fully saturated rings. The Morgan fingerprint density at radius 3 is 2.67 bits per heavy atom. The molecular weight excluding hydrogens is 180 g/mol. The van der Waals surface area contributed by atoms with E-state index >= 15 is 0 Å². The van der Waals surface area contributed by atoms with Gasteiger partial charge in [0.1, 0.15) is 0 Å². The molecule has 0 aliphatic heterocycles. The molecule has 2 saturated carbocycles. The summed E-state index contributed by atoms with van der Waals surface area (Å²) in [6.07, 6.45) is 9.74. The van der Waals surface area contributed by atoms with Gasteiger partial charge in [-0.1, -0.05) is 38.8 Å². The molecule has 0 amide bonds. The summed E-state index contributed by atoms with van der Waals surface area (Å²) in [5.41, 5.74) is 3.51. The minimum atomic E-state index is 0.600. The molecule has 0 saturated heterocycles. The van der Waals surface area contributed by atoms with E-state index < -0.39 is 0 Å². The largest absolute Gasteiger partial charge is 0.0847 e. The highest BCUT2D eigenvalue weighted by atomic mass is 14.7. The molecule has 3 aliphatic rings. The molecule has 3 rings (SSSR count). The molecule has 0 radical (unpaired) electrons. The molecule has 0 heteroatoms. The SMILES string of the molecule is CC1=CC[C@]2(C)CC1[C@]1(C)CCC[C@]21C. The quantitative estimate of drug-likeness (QED) is 0.507. The summed E-state index contributed by atoms with van der Waals surface area (Å²) in [7, 11) is 0. The molecule has 4 atom stereocenters. The van der Waals surface area contributed by atoms with Crippen LogP contribution in [0.15, 0.2) is 11.6 Å². The van der Waals surface area contributed by atoms with Crippen LogP contribution in [0.25, 0.3) is 0 Å². The fourth-order valence-electron chi connectivity index (χ4n) is 5.32. The van der Waals surface area contributed by atoms with Crippen molar-refractivity contribution < 1.29 is 0 Å². The van der Waals surface area contributed by atoms with Gasteiger partial charge in [0.25, 0.3) is 0 Å². The average Bonchev–Trinajstić information content (AvgIpc) is 2.55. The lowest BCUT2D eigenvalue weighted by atomic mass is 9.59. The second-order valence-corrected chi connectivity index (χ2v) is 7.07. The van der Waals surface area contributed by atoms with Crippen LogP contribution < -0.4 is 0 Å². The number of fused-ring (bicyclic) bond motifs is 5. The maximum atomic E-state index is 2.59. The predicted molar refractivity (Wildman–Crippen MR) is 64.7 cm³/mol. The minimum Gasteiger partial charge on any atom is -0.0847 e. The molecule has 0 nitrogen and oxygen atoms in total. The van der Waals surface area contributed by atoms with Gasteiger partial charge in [0.15, 0.2) is 0 Å². The van der Waals surface area contributed by atoms with Crippen molar-refractivity contribution in [3.63, 3.8) is 0 Å². The number of hydrogen-bond donors (Lipinski definition) is 0. The Bertz CT molecular complexity index is 340. The summed E-state index contributed by atoms with van der Waals surface area (Å²) in [6.45, 7) is 10.1. The minimum absolute atomic E-state index is 0.600. The van der Waals surface area contributed by atoms with Gasteiger partial charge in [-0.05, 0) is 54.8 Å². The molecule has 15 heavy (non-hydrogen) atoms. The summed E-state index contributed by atoms with van der Waals surface area (Å²) < 4.78 is 0. The zero-order chi connectivity index (χ0) is 10.9. The monoisotopic (exact) mass is 204 g/mol. The lowest BCUT2D eigenvalue weighted by Crippen LogP contribution is -2.38. The van der Waals surface area contributed by atoms with Crippen LogP contribution >= 0.6 is 0 Å². The van der Waals surface area contributed by atoms with Crippen LogP contribution in [0.4, 0.5) is 0 Å². The number of allylic oxidation sites excluding steroid dienone is 2. The van der Waals surface area contributed by atoms with Gasteiger partial charge in [-0.25, -0.2) is 0 Å². The maximum absolute atomic E-state index is 2.59. The third kappa shape index (κ3) is 0.867. The van der Waals surface area contributed by atoms with Crippen molar-refractivity contribution in [3.8, 4) is 0 Å². The van der Waals surface area contributed by atoms with E-state index in [0.29, 0.717) is 16.2 Å². The van der Waals surface area contributed by atoms with Crippen molar-refractivity contribution in [2.45, 2.75) is 59.8 Å². The molecular formula is C15H24. The molecule has 0 aromatic rings. The zero-order valence-corrected chi connectivity index (χ0v) is 10.7. The van der Waals surface area contributed by atoms with E-state index in [0.717, 1.165) is 5.92 Å². The van der Waals surface area contributed by atoms with Crippen molar-refractivity contribution in [2.24, 2.45) is 22.2 Å². The van der Waals surface area contributed by atoms with Crippen molar-refractivity contribution in [2.75, 3.05) is 0 Å². The van der Waals surface area contributed by atoms with Gasteiger partial charge in [0.05, 0.1) is 0 Å². The highest BCUT2D eigenvalue weighted by Gasteiger charge is 2.67. The molecule has 0 heterocycles. The average molecular weight is 204 g/mol. The zero-order valence-electron chi connectivity index (χ0n) is 10.7. The highest BCUT2D eigenvalue weighted by Crippen LogP contribution is 2.75. The summed E-state index contributed by atoms with van der Waals surface area (Å²) in [6, 6.07) is 0. The fraction of sp³-hybridized carbons (Fsp3) is 0.867. The Labute approximate surface area is 94.1 Å². The normalized spacial score (nSPS) is 57.9. The lowest BCUT2D eigenvalue weighted by molar-refractivity contribution is 0.0355. The van der Waals surface area contributed by atoms with Crippen molar-refractivity contribution in [3.05, 3.63) is 11.6 Å². The van der Waals surface area contributed by atoms with E-state index in [1.165, 1.54) is 32.1 Å². The van der Waals surface area contributed by atoms with Gasteiger partial charge in [-0.15, -0.1) is 0 Å². The van der Waals surface area contributed by atoms with Crippen LogP contribution in [0, 0.1) is 22.2 Å². The lowest BCUT2D eigenvalue weighted by Gasteiger charge is -2.45. The third-order valence-electron chi connectivity index (χ3n) is 6.81. The Balaban J connectivity index is 2.18. The Hall–Kier alpha value is -0.260. The van der Waals surface area contributed by atoms with Gasteiger partial charge in [-0.2, -0.15) is 0 Å². The molecule has 0 aromatic carbocycles. The topological polar surface area (TPSA) is 0 Å². The first-order chi connectivity index (χ1) is 6.93. The van der Waals surface area contributed by atoms with E-state index in [1.807, 2.05) is 0 Å². The van der Waals surface area contributed by atoms with Gasteiger partial charge in [-0.3, -0.25) is 0 Å². The first kappa shape index (κ1) is 9.93. The first-order valence-electron chi connectivity index (χ1n) is 6.60. The fourth-order valence-corrected chi connectivity index (χ4v) is 5.32. The van der Waals surface area contributed by atoms with Gasteiger partial charge < -0.3 is 0 Å². The van der Waals surface area contributed by atoms with E-state index in [-0.39, 0.29) is 0 Å². The molecule has 0 spiro atoms. The highest BCUT2D eigenvalue weighted by molar-refractivity contribution is 5.28. The Kier molecular flexibility index (Phi) is 1.67. The Morgan fingerprint density at radius 2 is 1.93 bits per heavy atom. The summed E-state index contributed by atoms with van der Waals surface area (Å²) in [4.78, 5) is 0. The van der Waals surface area contributed by atoms with Crippen molar-refractivity contribution >= 4 is 0 Å². The van der Waals surface area contributed by atoms with Crippen LogP contribution in [-0.4, -0.2) is 0 Å². The maximum Gasteiger partial charge on any atom is -0.0141 e. The Morgan fingerprint density at radius 1 is 1.20 bits per heavy atom. The second-order valence-electron chi connectivity index (χ2n) is 7.07. The summed E-state index contributed by atoms with van der Waals surface area (Å²) in [5, 5.41) is 0. The summed E-state index contributed by atoms with van der Waals surface area (Å²) in [5.74, 6) is 0.892. The van der Waals surface area contributed by atoms with Crippen LogP contribution in [0.1, 0.15) is 59.8 Å². The smallest absolute Gasteiger partial charge is 0.0141 e. The van der Waals surface area contributed by atoms with Crippen LogP contribution in [0.2, 0.25) is 0 Å². The van der Waals surface area contributed by atoms with E-state index in [9.17, 15) is 0 Å². The van der Waals surface area contributed by atoms with Crippen LogP contribution in [-0.2, 0) is 0 Å². The molecule has 3 aliphatic carbocycles. The third-order valence-corrected chi connectivity index (χ3v) is 6.81. The van der Waals surface area contributed by atoms with Gasteiger partial charge >= 0.3 is 0 Å². The van der Waals surface area contributed by atoms with Crippen molar-refractivity contribution in [1.29, 1.82) is 0 Å². The van der Waals surface area contributed by atoms with Gasteiger partial charge in [0.2, 0.25) is 0 Å². The summed E-state index contributed by atoms with van der Waals surface area (Å²) >= 11 is 0. The first-order valence-corrected chi connectivity index (χ1v) is 6.60. The molecule has 84 valence electrons. The second kappa shape index (κ2) is 2.52. The molecule has 2 bridgehead atoms. The van der Waals surface area contributed by atoms with Crippen LogP contribution in [0.3, 0.4) is 0 Å². The van der Waals surface area contributed by atoms with E-state index in [1.54, 1.807) is 5.57 Å². The van der Waals surface area contributed by atoms with E-state index in [2.05, 4.69) is 33.8 Å². The van der Waals surface area contributed by atoms with Gasteiger partial charge in [0, 0.05) is 0 Å². The standard InChI is InChI=1S/C15H24/c1-11-6-9-13(2)10-12(11)14(3)7-5-8-15(13,14)4/h6,12H,5,7-10H2,1-4H3/t12?,13-,14+,15-/m1/s1. The number of hydrogen-bond acceptors (Lipinski definition) is 0. The molecule has 1 unspecified atom stereocenters.